The zero-order valence-electron chi connectivity index (χ0n) is 6.16. The van der Waals surface area contributed by atoms with Crippen LogP contribution in [0.3, 0.4) is 0 Å². The minimum absolute atomic E-state index is 0. The third kappa shape index (κ3) is 3.00. The standard InChI is InChI=1S/C6H12N4.BrH/c7-2-1-5(8)6-9-3-4-10-6;/h3-5H,1-2,7-8H2,(H,9,10);1H. The number of nitrogens with zero attached hydrogens (tertiary/aromatic N) is 1. The van der Waals surface area contributed by atoms with Crippen molar-refractivity contribution in [3.05, 3.63) is 18.2 Å². The molecule has 1 rings (SSSR count). The van der Waals surface area contributed by atoms with Crippen molar-refractivity contribution < 1.29 is 0 Å². The second-order valence-electron chi connectivity index (χ2n) is 2.16. The van der Waals surface area contributed by atoms with Gasteiger partial charge in [0.15, 0.2) is 0 Å². The molecule has 0 radical (unpaired) electrons. The van der Waals surface area contributed by atoms with Crippen LogP contribution in [-0.2, 0) is 0 Å². The first-order valence-corrected chi connectivity index (χ1v) is 3.29. The Hall–Kier alpha value is -0.390. The lowest BCUT2D eigenvalue weighted by Crippen LogP contribution is -2.16. The molecule has 5 heteroatoms. The van der Waals surface area contributed by atoms with Gasteiger partial charge < -0.3 is 16.5 Å². The number of rotatable bonds is 3. The van der Waals surface area contributed by atoms with Gasteiger partial charge in [0, 0.05) is 12.4 Å². The average molecular weight is 221 g/mol. The highest BCUT2D eigenvalue weighted by Gasteiger charge is 2.04. The molecule has 0 aliphatic heterocycles. The number of hydrogen-bond acceptors (Lipinski definition) is 3. The number of nitrogens with one attached hydrogen (secondary N) is 1. The summed E-state index contributed by atoms with van der Waals surface area (Å²) >= 11 is 0. The molecule has 0 aliphatic carbocycles. The van der Waals surface area contributed by atoms with E-state index in [0.29, 0.717) is 6.54 Å². The topological polar surface area (TPSA) is 80.7 Å². The molecule has 1 aromatic heterocycles. The Bertz CT molecular complexity index is 175. The molecule has 1 unspecified atom stereocenters. The lowest BCUT2D eigenvalue weighted by atomic mass is 10.2. The summed E-state index contributed by atoms with van der Waals surface area (Å²) in [6.07, 6.45) is 4.21. The van der Waals surface area contributed by atoms with Crippen LogP contribution in [0.5, 0.6) is 0 Å². The number of hydrogen-bond donors (Lipinski definition) is 3. The fraction of sp³-hybridized carbons (Fsp3) is 0.500. The number of halogens is 1. The van der Waals surface area contributed by atoms with Crippen LogP contribution < -0.4 is 11.5 Å². The van der Waals surface area contributed by atoms with Crippen molar-refractivity contribution in [1.82, 2.24) is 9.97 Å². The minimum Gasteiger partial charge on any atom is -0.347 e. The van der Waals surface area contributed by atoms with Crippen molar-refractivity contribution in [3.8, 4) is 0 Å². The third-order valence-electron chi connectivity index (χ3n) is 1.35. The number of H-pyrrole nitrogens is 1. The van der Waals surface area contributed by atoms with Crippen molar-refractivity contribution in [2.75, 3.05) is 6.54 Å². The van der Waals surface area contributed by atoms with Crippen LogP contribution in [-0.4, -0.2) is 16.5 Å². The molecule has 0 aromatic carbocycles. The van der Waals surface area contributed by atoms with Crippen molar-refractivity contribution >= 4 is 17.0 Å². The molecule has 1 heterocycles. The molecule has 0 amide bonds. The maximum absolute atomic E-state index is 5.68. The molecule has 0 saturated carbocycles. The van der Waals surface area contributed by atoms with E-state index in [4.69, 9.17) is 11.5 Å². The summed E-state index contributed by atoms with van der Waals surface area (Å²) in [5.41, 5.74) is 11.0. The molecule has 1 aromatic rings. The van der Waals surface area contributed by atoms with Crippen molar-refractivity contribution in [2.45, 2.75) is 12.5 Å². The summed E-state index contributed by atoms with van der Waals surface area (Å²) in [5, 5.41) is 0. The Morgan fingerprint density at radius 3 is 2.82 bits per heavy atom. The molecule has 64 valence electrons. The van der Waals surface area contributed by atoms with Crippen LogP contribution in [0.15, 0.2) is 12.4 Å². The predicted molar refractivity (Wildman–Crippen MR) is 49.5 cm³/mol. The molecule has 0 aliphatic rings. The van der Waals surface area contributed by atoms with Crippen LogP contribution >= 0.6 is 17.0 Å². The number of aromatic nitrogens is 2. The largest absolute Gasteiger partial charge is 0.347 e. The van der Waals surface area contributed by atoms with E-state index in [1.54, 1.807) is 12.4 Å². The highest BCUT2D eigenvalue weighted by Crippen LogP contribution is 2.05. The Morgan fingerprint density at radius 1 is 1.64 bits per heavy atom. The Kier molecular flexibility index (Phi) is 5.10. The first-order valence-electron chi connectivity index (χ1n) is 3.29. The molecule has 1 atom stereocenters. The van der Waals surface area contributed by atoms with E-state index in [1.165, 1.54) is 0 Å². The van der Waals surface area contributed by atoms with Crippen molar-refractivity contribution in [3.63, 3.8) is 0 Å². The summed E-state index contributed by atoms with van der Waals surface area (Å²) in [5.74, 6) is 0.811. The second kappa shape index (κ2) is 5.29. The zero-order chi connectivity index (χ0) is 7.40. The molecule has 4 nitrogen and oxygen atoms in total. The van der Waals surface area contributed by atoms with Gasteiger partial charge in [-0.25, -0.2) is 4.98 Å². The molecular formula is C6H13BrN4. The fourth-order valence-electron chi connectivity index (χ4n) is 0.797. The molecular weight excluding hydrogens is 208 g/mol. The van der Waals surface area contributed by atoms with Crippen LogP contribution in [0.1, 0.15) is 18.3 Å². The lowest BCUT2D eigenvalue weighted by Gasteiger charge is -2.04. The average Bonchev–Trinajstić information content (AvgIpc) is 2.38. The van der Waals surface area contributed by atoms with E-state index < -0.39 is 0 Å². The molecule has 0 spiro atoms. The van der Waals surface area contributed by atoms with E-state index >= 15 is 0 Å². The van der Waals surface area contributed by atoms with E-state index in [9.17, 15) is 0 Å². The van der Waals surface area contributed by atoms with Crippen LogP contribution in [0.25, 0.3) is 0 Å². The summed E-state index contributed by atoms with van der Waals surface area (Å²) < 4.78 is 0. The molecule has 0 bridgehead atoms. The number of nitrogens with two attached hydrogens (primary N) is 2. The quantitative estimate of drug-likeness (QED) is 0.688. The maximum atomic E-state index is 5.68. The zero-order valence-corrected chi connectivity index (χ0v) is 7.87. The van der Waals surface area contributed by atoms with Gasteiger partial charge in [0.2, 0.25) is 0 Å². The highest BCUT2D eigenvalue weighted by atomic mass is 79.9. The SMILES string of the molecule is Br.NCCC(N)c1ncc[nH]1. The Morgan fingerprint density at radius 2 is 2.36 bits per heavy atom. The van der Waals surface area contributed by atoms with Gasteiger partial charge in [0.25, 0.3) is 0 Å². The number of imidazole rings is 1. The first-order chi connectivity index (χ1) is 4.84. The van der Waals surface area contributed by atoms with Gasteiger partial charge in [0.1, 0.15) is 5.82 Å². The van der Waals surface area contributed by atoms with E-state index in [0.717, 1.165) is 12.2 Å². The van der Waals surface area contributed by atoms with Gasteiger partial charge >= 0.3 is 0 Å². The van der Waals surface area contributed by atoms with Crippen LogP contribution in [0.4, 0.5) is 0 Å². The van der Waals surface area contributed by atoms with Gasteiger partial charge in [-0.15, -0.1) is 17.0 Å². The maximum Gasteiger partial charge on any atom is 0.123 e. The normalized spacial score (nSPS) is 12.2. The van der Waals surface area contributed by atoms with E-state index in [2.05, 4.69) is 9.97 Å². The van der Waals surface area contributed by atoms with Crippen molar-refractivity contribution in [1.29, 1.82) is 0 Å². The van der Waals surface area contributed by atoms with Gasteiger partial charge in [-0.3, -0.25) is 0 Å². The van der Waals surface area contributed by atoms with Gasteiger partial charge in [-0.05, 0) is 13.0 Å². The van der Waals surface area contributed by atoms with E-state index in [-0.39, 0.29) is 23.0 Å². The van der Waals surface area contributed by atoms with Gasteiger partial charge in [-0.2, -0.15) is 0 Å². The molecule has 5 N–H and O–H groups in total. The highest BCUT2D eigenvalue weighted by molar-refractivity contribution is 8.93. The van der Waals surface area contributed by atoms with Crippen molar-refractivity contribution in [2.24, 2.45) is 11.5 Å². The smallest absolute Gasteiger partial charge is 0.123 e. The van der Waals surface area contributed by atoms with Crippen LogP contribution in [0.2, 0.25) is 0 Å². The first kappa shape index (κ1) is 10.6. The fourth-order valence-corrected chi connectivity index (χ4v) is 0.797. The summed E-state index contributed by atoms with van der Waals surface area (Å²) in [7, 11) is 0. The summed E-state index contributed by atoms with van der Waals surface area (Å²) in [6, 6.07) is -0.0417. The summed E-state index contributed by atoms with van der Waals surface area (Å²) in [6.45, 7) is 0.599. The number of aromatic amines is 1. The monoisotopic (exact) mass is 220 g/mol. The predicted octanol–water partition coefficient (Wildman–Crippen LogP) is 0.336. The lowest BCUT2D eigenvalue weighted by molar-refractivity contribution is 0.628. The molecule has 0 fully saturated rings. The molecule has 0 saturated heterocycles. The third-order valence-corrected chi connectivity index (χ3v) is 1.35. The Labute approximate surface area is 76.1 Å². The second-order valence-corrected chi connectivity index (χ2v) is 2.16. The molecule has 11 heavy (non-hydrogen) atoms. The van der Waals surface area contributed by atoms with Crippen LogP contribution in [0, 0.1) is 0 Å². The van der Waals surface area contributed by atoms with E-state index in [1.807, 2.05) is 0 Å². The Balaban J connectivity index is 0.000001000. The van der Waals surface area contributed by atoms with Gasteiger partial charge in [0.05, 0.1) is 6.04 Å². The van der Waals surface area contributed by atoms with Gasteiger partial charge in [-0.1, -0.05) is 0 Å². The minimum atomic E-state index is -0.0417. The summed E-state index contributed by atoms with van der Waals surface area (Å²) in [4.78, 5) is 6.93.